The number of guanidine groups is 1. The lowest BCUT2D eigenvalue weighted by Crippen LogP contribution is -2.39. The van der Waals surface area contributed by atoms with Crippen LogP contribution in [0.15, 0.2) is 46.0 Å². The number of aliphatic imine (C=N–C) groups is 1. The van der Waals surface area contributed by atoms with Crippen LogP contribution in [0.25, 0.3) is 0 Å². The first-order valence-electron chi connectivity index (χ1n) is 9.85. The van der Waals surface area contributed by atoms with E-state index in [1.54, 1.807) is 13.3 Å². The molecular weight excluding hydrogens is 499 g/mol. The van der Waals surface area contributed by atoms with Gasteiger partial charge in [-0.25, -0.2) is 0 Å². The van der Waals surface area contributed by atoms with E-state index in [1.165, 1.54) is 0 Å². The van der Waals surface area contributed by atoms with E-state index in [1.807, 2.05) is 30.3 Å². The highest BCUT2D eigenvalue weighted by atomic mass is 127. The summed E-state index contributed by atoms with van der Waals surface area (Å²) in [5.74, 6) is 2.43. The van der Waals surface area contributed by atoms with Crippen molar-refractivity contribution in [3.8, 4) is 5.75 Å². The Labute approximate surface area is 193 Å². The first-order valence-corrected chi connectivity index (χ1v) is 9.85. The van der Waals surface area contributed by atoms with E-state index < -0.39 is 0 Å². The lowest BCUT2D eigenvalue weighted by atomic mass is 10.0. The van der Waals surface area contributed by atoms with Crippen molar-refractivity contribution >= 4 is 41.5 Å². The molecule has 1 aliphatic rings. The van der Waals surface area contributed by atoms with E-state index in [2.05, 4.69) is 20.9 Å². The number of halogens is 1. The van der Waals surface area contributed by atoms with Crippen molar-refractivity contribution in [1.29, 1.82) is 0 Å². The van der Waals surface area contributed by atoms with Crippen molar-refractivity contribution in [3.05, 3.63) is 47.9 Å². The van der Waals surface area contributed by atoms with Gasteiger partial charge in [-0.2, -0.15) is 0 Å². The van der Waals surface area contributed by atoms with E-state index in [0.717, 1.165) is 48.1 Å². The zero-order valence-corrected chi connectivity index (χ0v) is 19.4. The van der Waals surface area contributed by atoms with Crippen molar-refractivity contribution in [2.24, 2.45) is 4.99 Å². The van der Waals surface area contributed by atoms with E-state index in [0.29, 0.717) is 32.8 Å². The number of carbonyl (C=O) groups is 1. The molecular formula is C21H29IN4O4. The van der Waals surface area contributed by atoms with Crippen LogP contribution in [0.3, 0.4) is 0 Å². The van der Waals surface area contributed by atoms with Crippen LogP contribution < -0.4 is 20.7 Å². The van der Waals surface area contributed by atoms with E-state index in [9.17, 15) is 4.79 Å². The largest absolute Gasteiger partial charge is 0.492 e. The number of anilines is 1. The normalized spacial score (nSPS) is 13.1. The summed E-state index contributed by atoms with van der Waals surface area (Å²) in [5.41, 5.74) is 1.99. The van der Waals surface area contributed by atoms with Gasteiger partial charge in [-0.3, -0.25) is 9.79 Å². The van der Waals surface area contributed by atoms with E-state index in [-0.39, 0.29) is 29.9 Å². The van der Waals surface area contributed by atoms with Crippen molar-refractivity contribution in [1.82, 2.24) is 10.6 Å². The molecule has 1 aromatic heterocycles. The van der Waals surface area contributed by atoms with Gasteiger partial charge in [-0.1, -0.05) is 0 Å². The Morgan fingerprint density at radius 3 is 2.87 bits per heavy atom. The van der Waals surface area contributed by atoms with Crippen LogP contribution in [0.2, 0.25) is 0 Å². The second-order valence-corrected chi connectivity index (χ2v) is 6.63. The molecule has 0 aliphatic carbocycles. The number of fused-ring (bicyclic) bond motifs is 1. The Morgan fingerprint density at radius 1 is 1.20 bits per heavy atom. The number of amides is 1. The van der Waals surface area contributed by atoms with Crippen LogP contribution in [0, 0.1) is 0 Å². The highest BCUT2D eigenvalue weighted by Crippen LogP contribution is 2.26. The van der Waals surface area contributed by atoms with Gasteiger partial charge in [0.1, 0.15) is 24.7 Å². The minimum atomic E-state index is 0. The molecule has 1 aromatic carbocycles. The number of nitrogens with zero attached hydrogens (tertiary/aromatic N) is 1. The molecule has 30 heavy (non-hydrogen) atoms. The Bertz CT molecular complexity index is 811. The SMILES string of the molecule is CN=C(NCCCOCc1ccco1)NCCOc1ccc2c(c1)CCC(=O)N2.I. The number of carbonyl (C=O) groups excluding carboxylic acids is 1. The maximum Gasteiger partial charge on any atom is 0.224 e. The molecule has 8 nitrogen and oxygen atoms in total. The fourth-order valence-electron chi connectivity index (χ4n) is 2.96. The Hall–Kier alpha value is -2.27. The van der Waals surface area contributed by atoms with Gasteiger partial charge in [0.15, 0.2) is 5.96 Å². The third kappa shape index (κ3) is 7.86. The van der Waals surface area contributed by atoms with Gasteiger partial charge in [0.25, 0.3) is 0 Å². The molecule has 164 valence electrons. The zero-order valence-electron chi connectivity index (χ0n) is 17.1. The number of benzene rings is 1. The average Bonchev–Trinajstić information content (AvgIpc) is 3.25. The monoisotopic (exact) mass is 528 g/mol. The molecule has 2 aromatic rings. The summed E-state index contributed by atoms with van der Waals surface area (Å²) in [6, 6.07) is 9.51. The summed E-state index contributed by atoms with van der Waals surface area (Å²) >= 11 is 0. The Morgan fingerprint density at radius 2 is 2.07 bits per heavy atom. The van der Waals surface area contributed by atoms with Crippen LogP contribution in [0.5, 0.6) is 5.75 Å². The molecule has 2 heterocycles. The summed E-state index contributed by atoms with van der Waals surface area (Å²) in [6.07, 6.45) is 3.78. The van der Waals surface area contributed by atoms with Gasteiger partial charge in [-0.15, -0.1) is 24.0 Å². The van der Waals surface area contributed by atoms with E-state index in [4.69, 9.17) is 13.9 Å². The standard InChI is InChI=1S/C21H28N4O4.HI/c1-22-21(23-9-3-11-27-15-18-4-2-12-28-18)24-10-13-29-17-6-7-19-16(14-17)5-8-20(26)25-19;/h2,4,6-7,12,14H,3,5,8-11,13,15H2,1H3,(H,25,26)(H2,22,23,24);1H. The molecule has 0 bridgehead atoms. The molecule has 3 rings (SSSR count). The summed E-state index contributed by atoms with van der Waals surface area (Å²) in [6.45, 7) is 3.04. The molecule has 0 fully saturated rings. The van der Waals surface area contributed by atoms with Crippen LogP contribution >= 0.6 is 24.0 Å². The summed E-state index contributed by atoms with van der Waals surface area (Å²) in [7, 11) is 1.74. The van der Waals surface area contributed by atoms with Crippen molar-refractivity contribution in [3.63, 3.8) is 0 Å². The predicted molar refractivity (Wildman–Crippen MR) is 127 cm³/mol. The van der Waals surface area contributed by atoms with Gasteiger partial charge in [0.05, 0.1) is 12.8 Å². The number of nitrogens with one attached hydrogen (secondary N) is 3. The minimum Gasteiger partial charge on any atom is -0.492 e. The Kier molecular flexibility index (Phi) is 10.5. The lowest BCUT2D eigenvalue weighted by Gasteiger charge is -2.18. The first kappa shape index (κ1) is 24.0. The molecule has 1 aliphatic heterocycles. The quantitative estimate of drug-likeness (QED) is 0.190. The van der Waals surface area contributed by atoms with Crippen LogP contribution in [-0.4, -0.2) is 45.2 Å². The van der Waals surface area contributed by atoms with Crippen LogP contribution in [-0.2, 0) is 22.6 Å². The smallest absolute Gasteiger partial charge is 0.224 e. The van der Waals surface area contributed by atoms with Gasteiger partial charge in [0.2, 0.25) is 5.91 Å². The molecule has 0 spiro atoms. The summed E-state index contributed by atoms with van der Waals surface area (Å²) in [4.78, 5) is 15.6. The first-order chi connectivity index (χ1) is 14.2. The van der Waals surface area contributed by atoms with E-state index >= 15 is 0 Å². The molecule has 0 saturated heterocycles. The summed E-state index contributed by atoms with van der Waals surface area (Å²) in [5, 5.41) is 9.34. The van der Waals surface area contributed by atoms with Crippen molar-refractivity contribution < 1.29 is 18.7 Å². The molecule has 3 N–H and O–H groups in total. The highest BCUT2D eigenvalue weighted by Gasteiger charge is 2.14. The fourth-order valence-corrected chi connectivity index (χ4v) is 2.96. The number of rotatable bonds is 10. The predicted octanol–water partition coefficient (Wildman–Crippen LogP) is 2.93. The van der Waals surface area contributed by atoms with Gasteiger partial charge in [-0.05, 0) is 48.7 Å². The number of furan rings is 1. The average molecular weight is 528 g/mol. The molecule has 9 heteroatoms. The van der Waals surface area contributed by atoms with Gasteiger partial charge >= 0.3 is 0 Å². The van der Waals surface area contributed by atoms with Crippen LogP contribution in [0.1, 0.15) is 24.2 Å². The Balaban J connectivity index is 0.00000320. The number of aryl methyl sites for hydroxylation is 1. The van der Waals surface area contributed by atoms with Crippen LogP contribution in [0.4, 0.5) is 5.69 Å². The number of hydrogen-bond acceptors (Lipinski definition) is 5. The van der Waals surface area contributed by atoms with Gasteiger partial charge < -0.3 is 29.8 Å². The molecule has 0 atom stereocenters. The molecule has 0 radical (unpaired) electrons. The fraction of sp³-hybridized carbons (Fsp3) is 0.429. The van der Waals surface area contributed by atoms with Crippen molar-refractivity contribution in [2.75, 3.05) is 38.7 Å². The topological polar surface area (TPSA) is 97.1 Å². The highest BCUT2D eigenvalue weighted by molar-refractivity contribution is 14.0. The maximum atomic E-state index is 11.4. The van der Waals surface area contributed by atoms with Crippen molar-refractivity contribution in [2.45, 2.75) is 25.9 Å². The van der Waals surface area contributed by atoms with Gasteiger partial charge in [0, 0.05) is 32.3 Å². The number of ether oxygens (including phenoxy) is 2. The maximum absolute atomic E-state index is 11.4. The minimum absolute atomic E-state index is 0. The second kappa shape index (κ2) is 13.1. The number of hydrogen-bond donors (Lipinski definition) is 3. The molecule has 1 amide bonds. The summed E-state index contributed by atoms with van der Waals surface area (Å²) < 4.78 is 16.6. The molecule has 0 saturated carbocycles. The lowest BCUT2D eigenvalue weighted by molar-refractivity contribution is -0.116. The zero-order chi connectivity index (χ0) is 20.3. The third-order valence-electron chi connectivity index (χ3n) is 4.44. The third-order valence-corrected chi connectivity index (χ3v) is 4.44. The molecule has 0 unspecified atom stereocenters. The second-order valence-electron chi connectivity index (χ2n) is 6.63.